The molecule has 4 aromatic rings. The Labute approximate surface area is 217 Å². The molecular weight excluding hydrogens is 528 g/mol. The zero-order valence-electron chi connectivity index (χ0n) is 19.4. The van der Waals surface area contributed by atoms with E-state index in [4.69, 9.17) is 27.9 Å². The number of benzene rings is 1. The van der Waals surface area contributed by atoms with Gasteiger partial charge in [0.05, 0.1) is 21.3 Å². The van der Waals surface area contributed by atoms with Crippen molar-refractivity contribution in [2.75, 3.05) is 30.0 Å². The summed E-state index contributed by atoms with van der Waals surface area (Å²) >= 11 is 12.5. The van der Waals surface area contributed by atoms with E-state index < -0.39 is 21.8 Å². The Hall–Kier alpha value is -2.95. The van der Waals surface area contributed by atoms with E-state index in [0.29, 0.717) is 45.3 Å². The Kier molecular flexibility index (Phi) is 6.52. The number of aromatic amines is 1. The molecule has 4 heterocycles. The first-order valence-electron chi connectivity index (χ1n) is 11.1. The lowest BCUT2D eigenvalue weighted by molar-refractivity contribution is 0.217. The Morgan fingerprint density at radius 2 is 1.92 bits per heavy atom. The van der Waals surface area contributed by atoms with Crippen LogP contribution in [-0.2, 0) is 9.84 Å². The van der Waals surface area contributed by atoms with E-state index in [1.54, 1.807) is 19.2 Å². The summed E-state index contributed by atoms with van der Waals surface area (Å²) in [5.74, 6) is 0.534. The second kappa shape index (κ2) is 9.49. The topological polar surface area (TPSA) is 101 Å². The Bertz CT molecular complexity index is 1520. The molecular formula is C24H22Cl2FN5O3S. The maximum Gasteiger partial charge on any atom is 0.167 e. The Balaban J connectivity index is 1.37. The first kappa shape index (κ1) is 24.7. The van der Waals surface area contributed by atoms with Crippen LogP contribution in [0.5, 0.6) is 5.75 Å². The maximum absolute atomic E-state index is 14.8. The van der Waals surface area contributed by atoms with Gasteiger partial charge in [0.25, 0.3) is 0 Å². The van der Waals surface area contributed by atoms with Gasteiger partial charge < -0.3 is 9.64 Å². The number of sulfone groups is 1. The van der Waals surface area contributed by atoms with Crippen LogP contribution in [0.3, 0.4) is 0 Å². The molecule has 36 heavy (non-hydrogen) atoms. The van der Waals surface area contributed by atoms with Gasteiger partial charge in [-0.25, -0.2) is 17.8 Å². The van der Waals surface area contributed by atoms with E-state index >= 15 is 0 Å². The number of ether oxygens (including phenoxy) is 1. The van der Waals surface area contributed by atoms with Crippen molar-refractivity contribution in [2.45, 2.75) is 13.0 Å². The molecule has 1 aliphatic rings. The van der Waals surface area contributed by atoms with Crippen molar-refractivity contribution < 1.29 is 17.5 Å². The van der Waals surface area contributed by atoms with Gasteiger partial charge in [0.2, 0.25) is 0 Å². The molecule has 0 unspecified atom stereocenters. The van der Waals surface area contributed by atoms with E-state index in [-0.39, 0.29) is 17.4 Å². The quantitative estimate of drug-likeness (QED) is 0.342. The van der Waals surface area contributed by atoms with Crippen molar-refractivity contribution in [2.24, 2.45) is 5.92 Å². The summed E-state index contributed by atoms with van der Waals surface area (Å²) < 4.78 is 43.7. The molecule has 3 aromatic heterocycles. The predicted molar refractivity (Wildman–Crippen MR) is 138 cm³/mol. The van der Waals surface area contributed by atoms with Gasteiger partial charge in [0.1, 0.15) is 27.5 Å². The van der Waals surface area contributed by atoms with Gasteiger partial charge in [-0.2, -0.15) is 5.10 Å². The normalized spacial score (nSPS) is 15.2. The lowest BCUT2D eigenvalue weighted by atomic mass is 10.0. The van der Waals surface area contributed by atoms with Gasteiger partial charge in [-0.3, -0.25) is 10.1 Å². The van der Waals surface area contributed by atoms with E-state index in [1.165, 1.54) is 24.7 Å². The number of hydrogen-bond donors (Lipinski definition) is 1. The fourth-order valence-corrected chi connectivity index (χ4v) is 6.13. The van der Waals surface area contributed by atoms with E-state index in [9.17, 15) is 12.8 Å². The molecule has 0 aliphatic carbocycles. The maximum atomic E-state index is 14.8. The first-order chi connectivity index (χ1) is 17.1. The highest BCUT2D eigenvalue weighted by Crippen LogP contribution is 2.36. The standard InChI is InChI=1S/C24H22Cl2FN5O3S/c1-13(23-17(25)8-28-9-18(23)26)35-21-5-16-20(6-19(21)27)30-31-24(16)15-3-4-22(29-7-15)32-10-14(11-32)12-36(2,33)34/h3-9,13-14H,10-12H2,1-2H3,(H,30,31)/t13-/m1/s1. The second-order valence-electron chi connectivity index (χ2n) is 8.95. The highest BCUT2D eigenvalue weighted by Gasteiger charge is 2.30. The average molecular weight is 550 g/mol. The van der Waals surface area contributed by atoms with E-state index in [1.807, 2.05) is 17.0 Å². The highest BCUT2D eigenvalue weighted by molar-refractivity contribution is 7.90. The minimum atomic E-state index is -2.99. The molecule has 0 spiro atoms. The van der Waals surface area contributed by atoms with Crippen LogP contribution >= 0.6 is 23.2 Å². The number of rotatable bonds is 7. The van der Waals surface area contributed by atoms with Crippen molar-refractivity contribution >= 4 is 49.8 Å². The number of hydrogen-bond acceptors (Lipinski definition) is 7. The first-order valence-corrected chi connectivity index (χ1v) is 13.9. The molecule has 1 fully saturated rings. The molecule has 1 N–H and O–H groups in total. The average Bonchev–Trinajstić information content (AvgIpc) is 3.18. The summed E-state index contributed by atoms with van der Waals surface area (Å²) in [6, 6.07) is 6.66. The summed E-state index contributed by atoms with van der Waals surface area (Å²) in [7, 11) is -2.99. The molecule has 0 saturated carbocycles. The monoisotopic (exact) mass is 549 g/mol. The van der Waals surface area contributed by atoms with Crippen LogP contribution in [0, 0.1) is 11.7 Å². The molecule has 1 aromatic carbocycles. The Morgan fingerprint density at radius 1 is 1.19 bits per heavy atom. The minimum absolute atomic E-state index is 0.0312. The zero-order chi connectivity index (χ0) is 25.6. The molecule has 1 saturated heterocycles. The fraction of sp³-hybridized carbons (Fsp3) is 0.292. The summed E-state index contributed by atoms with van der Waals surface area (Å²) in [6.07, 6.45) is 5.23. The summed E-state index contributed by atoms with van der Waals surface area (Å²) in [5, 5.41) is 8.53. The van der Waals surface area contributed by atoms with Crippen LogP contribution in [-0.4, -0.2) is 53.7 Å². The van der Waals surface area contributed by atoms with Gasteiger partial charge in [0.15, 0.2) is 11.6 Å². The lowest BCUT2D eigenvalue weighted by Gasteiger charge is -2.39. The molecule has 188 valence electrons. The molecule has 1 atom stereocenters. The van der Waals surface area contributed by atoms with Crippen molar-refractivity contribution in [3.63, 3.8) is 0 Å². The third-order valence-corrected chi connectivity index (χ3v) is 7.74. The number of pyridine rings is 2. The van der Waals surface area contributed by atoms with Gasteiger partial charge in [-0.15, -0.1) is 0 Å². The number of nitrogens with one attached hydrogen (secondary N) is 1. The smallest absolute Gasteiger partial charge is 0.167 e. The van der Waals surface area contributed by atoms with Crippen LogP contribution in [0.1, 0.15) is 18.6 Å². The SMILES string of the molecule is C[C@@H](Oc1cc2c(-c3ccc(N4CC(CS(C)(=O)=O)C4)nc3)n[nH]c2cc1F)c1c(Cl)cncc1Cl. The predicted octanol–water partition coefficient (Wildman–Crippen LogP) is 5.09. The van der Waals surface area contributed by atoms with E-state index in [0.717, 1.165) is 11.4 Å². The number of H-pyrrole nitrogens is 1. The second-order valence-corrected chi connectivity index (χ2v) is 11.9. The summed E-state index contributed by atoms with van der Waals surface area (Å²) in [4.78, 5) is 10.5. The van der Waals surface area contributed by atoms with Crippen LogP contribution in [0.4, 0.5) is 10.2 Å². The van der Waals surface area contributed by atoms with Gasteiger partial charge in [-0.05, 0) is 25.1 Å². The summed E-state index contributed by atoms with van der Waals surface area (Å²) in [6.45, 7) is 3.02. The van der Waals surface area contributed by atoms with Crippen LogP contribution in [0.15, 0.2) is 42.9 Å². The number of anilines is 1. The number of fused-ring (bicyclic) bond motifs is 1. The summed E-state index contributed by atoms with van der Waals surface area (Å²) in [5.41, 5.74) is 2.37. The molecule has 0 amide bonds. The van der Waals surface area contributed by atoms with Crippen molar-refractivity contribution in [3.8, 4) is 17.0 Å². The van der Waals surface area contributed by atoms with Crippen molar-refractivity contribution in [1.82, 2.24) is 20.2 Å². The van der Waals surface area contributed by atoms with Gasteiger partial charge >= 0.3 is 0 Å². The highest BCUT2D eigenvalue weighted by atomic mass is 35.5. The zero-order valence-corrected chi connectivity index (χ0v) is 21.7. The number of nitrogens with zero attached hydrogens (tertiary/aromatic N) is 4. The van der Waals surface area contributed by atoms with Crippen LogP contribution in [0.2, 0.25) is 10.0 Å². The van der Waals surface area contributed by atoms with Crippen LogP contribution < -0.4 is 9.64 Å². The molecule has 8 nitrogen and oxygen atoms in total. The van der Waals surface area contributed by atoms with Crippen molar-refractivity contribution in [3.05, 3.63) is 64.3 Å². The van der Waals surface area contributed by atoms with E-state index in [2.05, 4.69) is 20.2 Å². The minimum Gasteiger partial charge on any atom is -0.483 e. The largest absolute Gasteiger partial charge is 0.483 e. The molecule has 0 bridgehead atoms. The Morgan fingerprint density at radius 3 is 2.56 bits per heavy atom. The molecule has 1 aliphatic heterocycles. The van der Waals surface area contributed by atoms with Gasteiger partial charge in [0, 0.05) is 66.4 Å². The lowest BCUT2D eigenvalue weighted by Crippen LogP contribution is -2.49. The third-order valence-electron chi connectivity index (χ3n) is 6.06. The molecule has 5 rings (SSSR count). The number of aromatic nitrogens is 4. The van der Waals surface area contributed by atoms with Crippen LogP contribution in [0.25, 0.3) is 22.2 Å². The van der Waals surface area contributed by atoms with Gasteiger partial charge in [-0.1, -0.05) is 23.2 Å². The molecule has 0 radical (unpaired) electrons. The molecule has 12 heteroatoms. The van der Waals surface area contributed by atoms with Crippen molar-refractivity contribution in [1.29, 1.82) is 0 Å². The fourth-order valence-electron chi connectivity index (χ4n) is 4.39. The number of halogens is 3. The third kappa shape index (κ3) is 4.98.